The quantitative estimate of drug-likeness (QED) is 0.677. The third kappa shape index (κ3) is 1.59. The Kier molecular flexibility index (Phi) is 2.52. The van der Waals surface area contributed by atoms with Gasteiger partial charge in [0.25, 0.3) is 0 Å². The first-order chi connectivity index (χ1) is 7.76. The molecule has 0 N–H and O–H groups in total. The summed E-state index contributed by atoms with van der Waals surface area (Å²) in [6, 6.07) is 8.77. The molecule has 0 atom stereocenters. The predicted octanol–water partition coefficient (Wildman–Crippen LogP) is 1.89. The van der Waals surface area contributed by atoms with E-state index in [1.54, 1.807) is 30.5 Å². The van der Waals surface area contributed by atoms with Crippen LogP contribution >= 0.6 is 0 Å². The number of pyridine rings is 1. The van der Waals surface area contributed by atoms with E-state index in [9.17, 15) is 4.79 Å². The summed E-state index contributed by atoms with van der Waals surface area (Å²) in [6.45, 7) is 0. The van der Waals surface area contributed by atoms with Crippen molar-refractivity contribution in [1.29, 1.82) is 5.26 Å². The molecule has 0 saturated heterocycles. The van der Waals surface area contributed by atoms with Crippen LogP contribution in [0.3, 0.4) is 0 Å². The molecule has 78 valence electrons. The summed E-state index contributed by atoms with van der Waals surface area (Å²) in [4.78, 5) is 15.3. The van der Waals surface area contributed by atoms with Crippen LogP contribution in [0.1, 0.15) is 16.1 Å². The number of benzene rings is 1. The van der Waals surface area contributed by atoms with E-state index < -0.39 is 5.97 Å². The highest BCUT2D eigenvalue weighted by molar-refractivity contribution is 5.96. The normalized spacial score (nSPS) is 9.75. The second kappa shape index (κ2) is 3.99. The molecule has 4 nitrogen and oxygen atoms in total. The Morgan fingerprint density at radius 1 is 1.44 bits per heavy atom. The molecule has 0 bridgehead atoms. The van der Waals surface area contributed by atoms with Crippen LogP contribution in [0.4, 0.5) is 0 Å². The number of esters is 1. The molecule has 0 unspecified atom stereocenters. The highest BCUT2D eigenvalue weighted by atomic mass is 16.5. The van der Waals surface area contributed by atoms with Crippen molar-refractivity contribution in [3.8, 4) is 6.07 Å². The molecule has 0 saturated carbocycles. The van der Waals surface area contributed by atoms with Crippen molar-refractivity contribution in [3.63, 3.8) is 0 Å². The lowest BCUT2D eigenvalue weighted by molar-refractivity contribution is 0.0601. The van der Waals surface area contributed by atoms with E-state index in [2.05, 4.69) is 9.72 Å². The second-order valence-corrected chi connectivity index (χ2v) is 3.20. The van der Waals surface area contributed by atoms with Crippen molar-refractivity contribution < 1.29 is 9.53 Å². The first-order valence-electron chi connectivity index (χ1n) is 4.63. The zero-order valence-corrected chi connectivity index (χ0v) is 8.60. The zero-order valence-electron chi connectivity index (χ0n) is 8.60. The smallest absolute Gasteiger partial charge is 0.337 e. The van der Waals surface area contributed by atoms with E-state index in [1.807, 2.05) is 6.07 Å². The number of aromatic nitrogens is 1. The fourth-order valence-corrected chi connectivity index (χ4v) is 1.51. The molecular weight excluding hydrogens is 204 g/mol. The van der Waals surface area contributed by atoms with Crippen molar-refractivity contribution in [3.05, 3.63) is 41.7 Å². The summed E-state index contributed by atoms with van der Waals surface area (Å²) in [5, 5.41) is 10.4. The molecule has 1 heterocycles. The molecular formula is C12H8N2O2. The molecule has 1 aromatic heterocycles. The number of fused-ring (bicyclic) bond motifs is 1. The van der Waals surface area contributed by atoms with Gasteiger partial charge in [-0.05, 0) is 23.6 Å². The zero-order chi connectivity index (χ0) is 11.5. The number of nitrogens with zero attached hydrogens (tertiary/aromatic N) is 2. The Hall–Kier alpha value is -2.41. The first kappa shape index (κ1) is 10.1. The van der Waals surface area contributed by atoms with Gasteiger partial charge in [0.05, 0.1) is 12.7 Å². The van der Waals surface area contributed by atoms with Gasteiger partial charge in [0, 0.05) is 11.6 Å². The maximum absolute atomic E-state index is 11.3. The van der Waals surface area contributed by atoms with Crippen LogP contribution < -0.4 is 0 Å². The Morgan fingerprint density at radius 2 is 2.25 bits per heavy atom. The summed E-state index contributed by atoms with van der Waals surface area (Å²) in [5.74, 6) is -0.391. The fraction of sp³-hybridized carbons (Fsp3) is 0.0833. The first-order valence-corrected chi connectivity index (χ1v) is 4.63. The minimum atomic E-state index is -0.391. The molecule has 16 heavy (non-hydrogen) atoms. The van der Waals surface area contributed by atoms with Crippen molar-refractivity contribution in [2.24, 2.45) is 0 Å². The molecule has 1 aromatic carbocycles. The van der Waals surface area contributed by atoms with E-state index in [-0.39, 0.29) is 0 Å². The molecule has 0 spiro atoms. The van der Waals surface area contributed by atoms with Crippen LogP contribution in [0.25, 0.3) is 10.8 Å². The van der Waals surface area contributed by atoms with E-state index in [0.29, 0.717) is 11.3 Å². The third-order valence-corrected chi connectivity index (χ3v) is 2.29. The minimum absolute atomic E-state index is 0.355. The number of methoxy groups -OCH3 is 1. The Balaban J connectivity index is 2.65. The Bertz CT molecular complexity index is 599. The number of ether oxygens (including phenoxy) is 1. The molecule has 2 rings (SSSR count). The van der Waals surface area contributed by atoms with Crippen LogP contribution in [-0.2, 0) is 4.74 Å². The summed E-state index contributed by atoms with van der Waals surface area (Å²) >= 11 is 0. The maximum atomic E-state index is 11.3. The average Bonchev–Trinajstić information content (AvgIpc) is 2.36. The van der Waals surface area contributed by atoms with Crippen molar-refractivity contribution in [2.75, 3.05) is 7.11 Å². The number of carbonyl (C=O) groups excluding carboxylic acids is 1. The predicted molar refractivity (Wildman–Crippen MR) is 57.8 cm³/mol. The fourth-order valence-electron chi connectivity index (χ4n) is 1.51. The minimum Gasteiger partial charge on any atom is -0.465 e. The molecule has 0 amide bonds. The number of carbonyl (C=O) groups is 1. The summed E-state index contributed by atoms with van der Waals surface area (Å²) in [5.41, 5.74) is 0.819. The van der Waals surface area contributed by atoms with Crippen molar-refractivity contribution in [1.82, 2.24) is 4.98 Å². The summed E-state index contributed by atoms with van der Waals surface area (Å²) < 4.78 is 4.62. The van der Waals surface area contributed by atoms with Crippen LogP contribution in [0, 0.1) is 11.3 Å². The van der Waals surface area contributed by atoms with Gasteiger partial charge in [-0.3, -0.25) is 0 Å². The highest BCUT2D eigenvalue weighted by Gasteiger charge is 2.07. The van der Waals surface area contributed by atoms with Crippen molar-refractivity contribution >= 4 is 16.7 Å². The van der Waals surface area contributed by atoms with E-state index in [4.69, 9.17) is 5.26 Å². The molecule has 0 aliphatic carbocycles. The standard InChI is InChI=1S/C12H8N2O2/c1-16-12(15)9-2-3-10-8(6-9)4-5-14-11(10)7-13/h2-6H,1H3. The molecule has 0 radical (unpaired) electrons. The van der Waals surface area contributed by atoms with Gasteiger partial charge < -0.3 is 4.74 Å². The lowest BCUT2D eigenvalue weighted by atomic mass is 10.1. The van der Waals surface area contributed by atoms with Gasteiger partial charge in [-0.1, -0.05) is 6.07 Å². The van der Waals surface area contributed by atoms with Crippen LogP contribution in [-0.4, -0.2) is 18.1 Å². The lowest BCUT2D eigenvalue weighted by Crippen LogP contribution is -2.00. The van der Waals surface area contributed by atoms with Gasteiger partial charge in [0.1, 0.15) is 11.8 Å². The Morgan fingerprint density at radius 3 is 2.94 bits per heavy atom. The van der Waals surface area contributed by atoms with Gasteiger partial charge in [-0.15, -0.1) is 0 Å². The molecule has 4 heteroatoms. The van der Waals surface area contributed by atoms with Crippen LogP contribution in [0.5, 0.6) is 0 Å². The number of rotatable bonds is 1. The van der Waals surface area contributed by atoms with Gasteiger partial charge in [-0.2, -0.15) is 5.26 Å². The molecule has 0 fully saturated rings. The SMILES string of the molecule is COC(=O)c1ccc2c(C#N)nccc2c1. The van der Waals surface area contributed by atoms with E-state index in [1.165, 1.54) is 7.11 Å². The lowest BCUT2D eigenvalue weighted by Gasteiger charge is -2.02. The largest absolute Gasteiger partial charge is 0.465 e. The average molecular weight is 212 g/mol. The monoisotopic (exact) mass is 212 g/mol. The highest BCUT2D eigenvalue weighted by Crippen LogP contribution is 2.18. The van der Waals surface area contributed by atoms with E-state index in [0.717, 1.165) is 10.8 Å². The summed E-state index contributed by atoms with van der Waals surface area (Å²) in [7, 11) is 1.33. The van der Waals surface area contributed by atoms with Gasteiger partial charge >= 0.3 is 5.97 Å². The van der Waals surface area contributed by atoms with Crippen LogP contribution in [0.15, 0.2) is 30.5 Å². The molecule has 0 aliphatic rings. The summed E-state index contributed by atoms with van der Waals surface area (Å²) in [6.07, 6.45) is 1.54. The molecule has 2 aromatic rings. The molecule has 0 aliphatic heterocycles. The van der Waals surface area contributed by atoms with Crippen LogP contribution in [0.2, 0.25) is 0 Å². The number of nitriles is 1. The topological polar surface area (TPSA) is 63.0 Å². The second-order valence-electron chi connectivity index (χ2n) is 3.20. The number of hydrogen-bond acceptors (Lipinski definition) is 4. The van der Waals surface area contributed by atoms with Gasteiger partial charge in [0.2, 0.25) is 0 Å². The number of hydrogen-bond donors (Lipinski definition) is 0. The van der Waals surface area contributed by atoms with Gasteiger partial charge in [-0.25, -0.2) is 9.78 Å². The maximum Gasteiger partial charge on any atom is 0.337 e. The van der Waals surface area contributed by atoms with Gasteiger partial charge in [0.15, 0.2) is 0 Å². The van der Waals surface area contributed by atoms with Crippen molar-refractivity contribution in [2.45, 2.75) is 0 Å². The third-order valence-electron chi connectivity index (χ3n) is 2.29. The Labute approximate surface area is 92.1 Å². The van der Waals surface area contributed by atoms with E-state index >= 15 is 0 Å².